The van der Waals surface area contributed by atoms with Crippen molar-refractivity contribution in [2.75, 3.05) is 0 Å². The first-order valence-electron chi connectivity index (χ1n) is 7.81. The Morgan fingerprint density at radius 1 is 1.09 bits per heavy atom. The Bertz CT molecular complexity index is 635. The molecule has 1 atom stereocenters. The summed E-state index contributed by atoms with van der Waals surface area (Å²) < 4.78 is 0. The topological polar surface area (TPSA) is 49.3 Å². The van der Waals surface area contributed by atoms with Gasteiger partial charge in [-0.15, -0.1) is 0 Å². The predicted molar refractivity (Wildman–Crippen MR) is 86.8 cm³/mol. The van der Waals surface area contributed by atoms with Crippen LogP contribution in [0.3, 0.4) is 0 Å². The smallest absolute Gasteiger partial charge is 0.321 e. The summed E-state index contributed by atoms with van der Waals surface area (Å²) in [6, 6.07) is 17.7. The molecule has 2 aromatic rings. The number of benzene rings is 2. The van der Waals surface area contributed by atoms with Gasteiger partial charge in [0.25, 0.3) is 0 Å². The van der Waals surface area contributed by atoms with Crippen molar-refractivity contribution in [3.05, 3.63) is 71.3 Å². The second-order valence-corrected chi connectivity index (χ2v) is 5.98. The summed E-state index contributed by atoms with van der Waals surface area (Å²) in [5, 5.41) is 12.6. The summed E-state index contributed by atoms with van der Waals surface area (Å²) >= 11 is 0. The van der Waals surface area contributed by atoms with Gasteiger partial charge < -0.3 is 10.4 Å². The highest BCUT2D eigenvalue weighted by atomic mass is 16.4. The van der Waals surface area contributed by atoms with Crippen molar-refractivity contribution in [1.29, 1.82) is 0 Å². The molecule has 0 aromatic heterocycles. The van der Waals surface area contributed by atoms with E-state index in [0.29, 0.717) is 13.0 Å². The fraction of sp³-hybridized carbons (Fsp3) is 0.316. The molecular weight excluding hydrogens is 274 g/mol. The molecule has 1 saturated carbocycles. The molecule has 22 heavy (non-hydrogen) atoms. The maximum Gasteiger partial charge on any atom is 0.321 e. The van der Waals surface area contributed by atoms with Gasteiger partial charge in [0.15, 0.2) is 0 Å². The molecule has 0 bridgehead atoms. The summed E-state index contributed by atoms with van der Waals surface area (Å²) in [7, 11) is 0. The summed E-state index contributed by atoms with van der Waals surface area (Å²) in [5.74, 6) is -0.0817. The lowest BCUT2D eigenvalue weighted by molar-refractivity contribution is -0.139. The summed E-state index contributed by atoms with van der Waals surface area (Å²) in [6.45, 7) is 0.588. The fourth-order valence-electron chi connectivity index (χ4n) is 2.71. The zero-order valence-corrected chi connectivity index (χ0v) is 12.5. The van der Waals surface area contributed by atoms with Crippen LogP contribution in [0.15, 0.2) is 54.6 Å². The van der Waals surface area contributed by atoms with E-state index in [9.17, 15) is 9.90 Å². The number of hydrogen-bond acceptors (Lipinski definition) is 2. The number of nitrogens with one attached hydrogen (secondary N) is 1. The van der Waals surface area contributed by atoms with Crippen LogP contribution in [-0.4, -0.2) is 17.1 Å². The first-order chi connectivity index (χ1) is 10.7. The molecule has 0 saturated heterocycles. The summed E-state index contributed by atoms with van der Waals surface area (Å²) in [4.78, 5) is 11.4. The minimum absolute atomic E-state index is 0.499. The van der Waals surface area contributed by atoms with E-state index in [0.717, 1.165) is 17.0 Å². The number of carboxylic acids is 1. The molecule has 3 heteroatoms. The highest BCUT2D eigenvalue weighted by molar-refractivity contribution is 5.73. The van der Waals surface area contributed by atoms with Gasteiger partial charge in [-0.3, -0.25) is 4.79 Å². The van der Waals surface area contributed by atoms with Crippen LogP contribution in [0.2, 0.25) is 0 Å². The van der Waals surface area contributed by atoms with Crippen LogP contribution in [0.4, 0.5) is 0 Å². The molecule has 1 aliphatic carbocycles. The number of aliphatic carboxylic acids is 1. The maximum atomic E-state index is 11.4. The minimum Gasteiger partial charge on any atom is -0.480 e. The van der Waals surface area contributed by atoms with Crippen molar-refractivity contribution < 1.29 is 9.90 Å². The van der Waals surface area contributed by atoms with E-state index in [1.807, 2.05) is 30.3 Å². The van der Waals surface area contributed by atoms with E-state index in [2.05, 4.69) is 29.6 Å². The molecule has 0 aliphatic heterocycles. The first kappa shape index (κ1) is 14.8. The molecule has 2 aromatic carbocycles. The Morgan fingerprint density at radius 3 is 2.50 bits per heavy atom. The van der Waals surface area contributed by atoms with Gasteiger partial charge in [-0.25, -0.2) is 0 Å². The molecule has 0 radical (unpaired) electrons. The Kier molecular flexibility index (Phi) is 4.54. The average molecular weight is 295 g/mol. The lowest BCUT2D eigenvalue weighted by atomic mass is 10.0. The number of rotatable bonds is 7. The standard InChI is InChI=1S/C19H21NO2/c21-19(22)18(12-14-5-2-1-3-6-14)20-13-15-7-4-8-17(11-15)16-9-10-16/h1-8,11,16,18,20H,9-10,12-13H2,(H,21,22)/t18-/m1/s1. The van der Waals surface area contributed by atoms with Crippen LogP contribution in [0, 0.1) is 0 Å². The van der Waals surface area contributed by atoms with Gasteiger partial charge >= 0.3 is 5.97 Å². The molecule has 1 aliphatic rings. The van der Waals surface area contributed by atoms with Crippen LogP contribution in [-0.2, 0) is 17.8 Å². The van der Waals surface area contributed by atoms with Crippen molar-refractivity contribution in [3.8, 4) is 0 Å². The second kappa shape index (κ2) is 6.75. The van der Waals surface area contributed by atoms with Gasteiger partial charge in [-0.2, -0.15) is 0 Å². The van der Waals surface area contributed by atoms with E-state index in [1.54, 1.807) is 0 Å². The summed E-state index contributed by atoms with van der Waals surface area (Å²) in [6.07, 6.45) is 3.06. The zero-order chi connectivity index (χ0) is 15.4. The first-order valence-corrected chi connectivity index (χ1v) is 7.81. The van der Waals surface area contributed by atoms with E-state index in [-0.39, 0.29) is 0 Å². The molecule has 3 nitrogen and oxygen atoms in total. The average Bonchev–Trinajstić information content (AvgIpc) is 3.37. The molecule has 114 valence electrons. The van der Waals surface area contributed by atoms with Crippen molar-refractivity contribution in [2.45, 2.75) is 37.8 Å². The van der Waals surface area contributed by atoms with Gasteiger partial charge in [0.05, 0.1) is 0 Å². The molecule has 1 fully saturated rings. The zero-order valence-electron chi connectivity index (χ0n) is 12.5. The largest absolute Gasteiger partial charge is 0.480 e. The molecule has 0 amide bonds. The predicted octanol–water partition coefficient (Wildman–Crippen LogP) is 3.35. The molecule has 2 N–H and O–H groups in total. The minimum atomic E-state index is -0.804. The normalized spacial score (nSPS) is 15.5. The Hall–Kier alpha value is -2.13. The maximum absolute atomic E-state index is 11.4. The second-order valence-electron chi connectivity index (χ2n) is 5.98. The Balaban J connectivity index is 1.61. The van der Waals surface area contributed by atoms with Crippen LogP contribution in [0.25, 0.3) is 0 Å². The summed E-state index contributed by atoms with van der Waals surface area (Å²) in [5.41, 5.74) is 3.58. The van der Waals surface area contributed by atoms with Gasteiger partial charge in [0.2, 0.25) is 0 Å². The van der Waals surface area contributed by atoms with Crippen molar-refractivity contribution in [1.82, 2.24) is 5.32 Å². The van der Waals surface area contributed by atoms with Crippen molar-refractivity contribution in [2.24, 2.45) is 0 Å². The Labute approximate surface area is 131 Å². The quantitative estimate of drug-likeness (QED) is 0.823. The van der Waals surface area contributed by atoms with Crippen LogP contribution < -0.4 is 5.32 Å². The Morgan fingerprint density at radius 2 is 1.82 bits per heavy atom. The van der Waals surface area contributed by atoms with E-state index in [1.165, 1.54) is 18.4 Å². The lowest BCUT2D eigenvalue weighted by Crippen LogP contribution is -2.38. The fourth-order valence-corrected chi connectivity index (χ4v) is 2.71. The van der Waals surface area contributed by atoms with Crippen LogP contribution in [0.5, 0.6) is 0 Å². The van der Waals surface area contributed by atoms with Gasteiger partial charge in [0, 0.05) is 6.54 Å². The molecule has 0 heterocycles. The monoisotopic (exact) mass is 295 g/mol. The van der Waals surface area contributed by atoms with Gasteiger partial charge in [-0.1, -0.05) is 54.6 Å². The van der Waals surface area contributed by atoms with Crippen molar-refractivity contribution in [3.63, 3.8) is 0 Å². The number of hydrogen-bond donors (Lipinski definition) is 2. The van der Waals surface area contributed by atoms with Gasteiger partial charge in [-0.05, 0) is 41.9 Å². The lowest BCUT2D eigenvalue weighted by Gasteiger charge is -2.15. The number of carbonyl (C=O) groups is 1. The molecule has 0 unspecified atom stereocenters. The molecular formula is C19H21NO2. The highest BCUT2D eigenvalue weighted by Crippen LogP contribution is 2.40. The van der Waals surface area contributed by atoms with Crippen molar-refractivity contribution >= 4 is 5.97 Å². The van der Waals surface area contributed by atoms with E-state index >= 15 is 0 Å². The molecule has 3 rings (SSSR count). The highest BCUT2D eigenvalue weighted by Gasteiger charge is 2.23. The third kappa shape index (κ3) is 3.95. The third-order valence-corrected chi connectivity index (χ3v) is 4.13. The number of carboxylic acid groups (broad SMARTS) is 1. The van der Waals surface area contributed by atoms with Gasteiger partial charge in [0.1, 0.15) is 6.04 Å². The van der Waals surface area contributed by atoms with Crippen LogP contribution >= 0.6 is 0 Å². The molecule has 0 spiro atoms. The third-order valence-electron chi connectivity index (χ3n) is 4.13. The van der Waals surface area contributed by atoms with Crippen LogP contribution in [0.1, 0.15) is 35.4 Å². The van der Waals surface area contributed by atoms with E-state index < -0.39 is 12.0 Å². The van der Waals surface area contributed by atoms with E-state index in [4.69, 9.17) is 0 Å². The SMILES string of the molecule is O=C(O)[C@@H](Cc1ccccc1)NCc1cccc(C2CC2)c1.